The fraction of sp³-hybridized carbons (Fsp3) is 0.125. The molecule has 0 radical (unpaired) electrons. The highest BCUT2D eigenvalue weighted by Gasteiger charge is 2.38. The Balaban J connectivity index is 1.69. The van der Waals surface area contributed by atoms with E-state index in [1.165, 1.54) is 11.1 Å². The molecule has 1 aliphatic rings. The van der Waals surface area contributed by atoms with Crippen molar-refractivity contribution >= 4 is 38.8 Å². The second kappa shape index (κ2) is 5.27. The van der Waals surface area contributed by atoms with Crippen molar-refractivity contribution in [3.05, 3.63) is 57.8 Å². The lowest BCUT2D eigenvalue weighted by Gasteiger charge is -2.13. The van der Waals surface area contributed by atoms with Crippen LogP contribution in [-0.4, -0.2) is 38.4 Å². The predicted octanol–water partition coefficient (Wildman–Crippen LogP) is 2.56. The largest absolute Gasteiger partial charge is 0.274 e. The van der Waals surface area contributed by atoms with Crippen molar-refractivity contribution in [1.29, 1.82) is 0 Å². The molecule has 3 heterocycles. The van der Waals surface area contributed by atoms with Crippen LogP contribution in [-0.2, 0) is 6.42 Å². The van der Waals surface area contributed by atoms with Crippen LogP contribution in [0.4, 0.5) is 0 Å². The molecule has 6 nitrogen and oxygen atoms in total. The van der Waals surface area contributed by atoms with Gasteiger partial charge in [-0.05, 0) is 27.9 Å². The number of aromatic amines is 1. The summed E-state index contributed by atoms with van der Waals surface area (Å²) in [7, 11) is 0. The van der Waals surface area contributed by atoms with Crippen LogP contribution in [0.15, 0.2) is 41.1 Å². The van der Waals surface area contributed by atoms with Gasteiger partial charge in [0.1, 0.15) is 4.60 Å². The number of hydrogen-bond acceptors (Lipinski definition) is 4. The minimum absolute atomic E-state index is 0.296. The molecule has 1 N–H and O–H groups in total. The van der Waals surface area contributed by atoms with Gasteiger partial charge in [0, 0.05) is 12.7 Å². The second-order valence-electron chi connectivity index (χ2n) is 5.28. The minimum atomic E-state index is -0.302. The summed E-state index contributed by atoms with van der Waals surface area (Å²) in [5.74, 6) is -0.598. The third kappa shape index (κ3) is 2.16. The molecule has 7 heteroatoms. The quantitative estimate of drug-likeness (QED) is 0.718. The van der Waals surface area contributed by atoms with Crippen LogP contribution < -0.4 is 0 Å². The van der Waals surface area contributed by atoms with Gasteiger partial charge in [0.2, 0.25) is 0 Å². The maximum absolute atomic E-state index is 12.7. The first-order valence-corrected chi connectivity index (χ1v) is 7.89. The van der Waals surface area contributed by atoms with Crippen LogP contribution in [0.5, 0.6) is 0 Å². The van der Waals surface area contributed by atoms with E-state index in [9.17, 15) is 9.59 Å². The molecular weight excluding hydrogens is 360 g/mol. The number of halogens is 1. The van der Waals surface area contributed by atoms with Gasteiger partial charge in [0.05, 0.1) is 16.5 Å². The highest BCUT2D eigenvalue weighted by atomic mass is 79.9. The lowest BCUT2D eigenvalue weighted by molar-refractivity contribution is 0.0656. The number of aromatic nitrogens is 3. The van der Waals surface area contributed by atoms with E-state index >= 15 is 0 Å². The summed E-state index contributed by atoms with van der Waals surface area (Å²) in [4.78, 5) is 30.6. The summed E-state index contributed by atoms with van der Waals surface area (Å²) in [6.45, 7) is 0.341. The van der Waals surface area contributed by atoms with Crippen molar-refractivity contribution in [1.82, 2.24) is 20.1 Å². The van der Waals surface area contributed by atoms with Crippen LogP contribution in [0, 0.1) is 0 Å². The van der Waals surface area contributed by atoms with Crippen molar-refractivity contribution < 1.29 is 9.59 Å². The first-order valence-electron chi connectivity index (χ1n) is 7.09. The molecule has 0 fully saturated rings. The predicted molar refractivity (Wildman–Crippen MR) is 87.1 cm³/mol. The van der Waals surface area contributed by atoms with Gasteiger partial charge in [0.25, 0.3) is 11.8 Å². The number of rotatable bonds is 3. The van der Waals surface area contributed by atoms with E-state index in [-0.39, 0.29) is 11.8 Å². The number of imide groups is 1. The number of benzene rings is 1. The second-order valence-corrected chi connectivity index (χ2v) is 6.07. The van der Waals surface area contributed by atoms with Crippen molar-refractivity contribution in [2.24, 2.45) is 0 Å². The molecule has 4 rings (SSSR count). The number of hydrogen-bond donors (Lipinski definition) is 1. The van der Waals surface area contributed by atoms with Gasteiger partial charge < -0.3 is 0 Å². The molecule has 0 atom stereocenters. The average molecular weight is 371 g/mol. The standard InChI is InChI=1S/C16H11BrN4O2/c17-13-12-11-10(8-18-14(12)20-19-13)15(22)21(16(11)23)7-6-9-4-2-1-3-5-9/h1-5,8H,6-7H2,(H,18,19,20). The third-order valence-corrected chi connectivity index (χ3v) is 4.51. The van der Waals surface area contributed by atoms with Gasteiger partial charge in [-0.25, -0.2) is 4.98 Å². The first-order chi connectivity index (χ1) is 11.2. The molecule has 2 amide bonds. The van der Waals surface area contributed by atoms with Gasteiger partial charge in [-0.15, -0.1) is 0 Å². The van der Waals surface area contributed by atoms with Crippen molar-refractivity contribution in [3.63, 3.8) is 0 Å². The summed E-state index contributed by atoms with van der Waals surface area (Å²) in [5, 5.41) is 7.30. The SMILES string of the molecule is O=C1c2cnc3n[nH]c(Br)c3c2C(=O)N1CCc1ccccc1. The Morgan fingerprint density at radius 1 is 1.13 bits per heavy atom. The first kappa shape index (κ1) is 14.1. The van der Waals surface area contributed by atoms with E-state index in [0.717, 1.165) is 5.56 Å². The zero-order valence-corrected chi connectivity index (χ0v) is 13.5. The highest BCUT2D eigenvalue weighted by molar-refractivity contribution is 9.10. The molecule has 0 aliphatic carbocycles. The number of pyridine rings is 1. The topological polar surface area (TPSA) is 79.0 Å². The van der Waals surface area contributed by atoms with E-state index in [2.05, 4.69) is 31.1 Å². The van der Waals surface area contributed by atoms with Crippen molar-refractivity contribution in [2.45, 2.75) is 6.42 Å². The molecular formula is C16H11BrN4O2. The smallest absolute Gasteiger partial charge is 0.263 e. The zero-order valence-electron chi connectivity index (χ0n) is 11.9. The molecule has 2 aromatic heterocycles. The Hall–Kier alpha value is -2.54. The van der Waals surface area contributed by atoms with Crippen molar-refractivity contribution in [3.8, 4) is 0 Å². The summed E-state index contributed by atoms with van der Waals surface area (Å²) in [6, 6.07) is 9.76. The van der Waals surface area contributed by atoms with Gasteiger partial charge >= 0.3 is 0 Å². The Morgan fingerprint density at radius 2 is 1.91 bits per heavy atom. The van der Waals surface area contributed by atoms with E-state index in [0.29, 0.717) is 39.7 Å². The van der Waals surface area contributed by atoms with Crippen molar-refractivity contribution in [2.75, 3.05) is 6.54 Å². The van der Waals surface area contributed by atoms with E-state index in [1.54, 1.807) is 0 Å². The summed E-state index contributed by atoms with van der Waals surface area (Å²) < 4.78 is 0.558. The summed E-state index contributed by atoms with van der Waals surface area (Å²) in [5.41, 5.74) is 2.20. The molecule has 0 unspecified atom stereocenters. The number of H-pyrrole nitrogens is 1. The van der Waals surface area contributed by atoms with E-state index < -0.39 is 0 Å². The van der Waals surface area contributed by atoms with Gasteiger partial charge in [-0.3, -0.25) is 19.6 Å². The molecule has 1 aromatic carbocycles. The monoisotopic (exact) mass is 370 g/mol. The fourth-order valence-electron chi connectivity index (χ4n) is 2.80. The third-order valence-electron chi connectivity index (χ3n) is 3.94. The zero-order chi connectivity index (χ0) is 16.0. The van der Waals surface area contributed by atoms with Crippen LogP contribution >= 0.6 is 15.9 Å². The molecule has 0 saturated heterocycles. The Kier molecular flexibility index (Phi) is 3.23. The lowest BCUT2D eigenvalue weighted by Crippen LogP contribution is -2.31. The number of carbonyl (C=O) groups is 2. The number of carbonyl (C=O) groups excluding carboxylic acids is 2. The molecule has 0 spiro atoms. The summed E-state index contributed by atoms with van der Waals surface area (Å²) >= 11 is 3.32. The van der Waals surface area contributed by atoms with Crippen LogP contribution in [0.3, 0.4) is 0 Å². The lowest BCUT2D eigenvalue weighted by atomic mass is 10.1. The molecule has 114 valence electrons. The maximum Gasteiger partial charge on any atom is 0.263 e. The minimum Gasteiger partial charge on any atom is -0.274 e. The maximum atomic E-state index is 12.7. The Morgan fingerprint density at radius 3 is 2.70 bits per heavy atom. The van der Waals surface area contributed by atoms with Crippen LogP contribution in [0.1, 0.15) is 26.3 Å². The number of nitrogens with zero attached hydrogens (tertiary/aromatic N) is 3. The number of fused-ring (bicyclic) bond motifs is 3. The van der Waals surface area contributed by atoms with Crippen LogP contribution in [0.25, 0.3) is 11.0 Å². The molecule has 23 heavy (non-hydrogen) atoms. The average Bonchev–Trinajstić information content (AvgIpc) is 3.06. The van der Waals surface area contributed by atoms with E-state index in [4.69, 9.17) is 0 Å². The number of nitrogens with one attached hydrogen (secondary N) is 1. The molecule has 1 aliphatic heterocycles. The normalized spacial score (nSPS) is 13.9. The number of amides is 2. The van der Waals surface area contributed by atoms with Gasteiger partial charge in [0.15, 0.2) is 5.65 Å². The fourth-order valence-corrected chi connectivity index (χ4v) is 3.26. The molecule has 0 saturated carbocycles. The molecule has 3 aromatic rings. The van der Waals surface area contributed by atoms with Gasteiger partial charge in [-0.2, -0.15) is 5.10 Å². The van der Waals surface area contributed by atoms with E-state index in [1.807, 2.05) is 30.3 Å². The van der Waals surface area contributed by atoms with Gasteiger partial charge in [-0.1, -0.05) is 30.3 Å². The Labute approximate surface area is 139 Å². The summed E-state index contributed by atoms with van der Waals surface area (Å²) in [6.07, 6.45) is 2.04. The highest BCUT2D eigenvalue weighted by Crippen LogP contribution is 2.32. The Bertz CT molecular complexity index is 936. The van der Waals surface area contributed by atoms with Crippen LogP contribution in [0.2, 0.25) is 0 Å². The molecule has 0 bridgehead atoms.